The lowest BCUT2D eigenvalue weighted by Crippen LogP contribution is -2.44. The molecule has 0 aromatic heterocycles. The maximum absolute atomic E-state index is 13.3. The Morgan fingerprint density at radius 3 is 2.20 bits per heavy atom. The summed E-state index contributed by atoms with van der Waals surface area (Å²) in [6.45, 7) is 3.59. The van der Waals surface area contributed by atoms with Gasteiger partial charge in [-0.2, -0.15) is 0 Å². The third-order valence-electron chi connectivity index (χ3n) is 5.41. The van der Waals surface area contributed by atoms with Gasteiger partial charge in [-0.15, -0.1) is 0 Å². The minimum absolute atomic E-state index is 0.0499. The summed E-state index contributed by atoms with van der Waals surface area (Å²) in [5.41, 5.74) is 8.50. The van der Waals surface area contributed by atoms with Crippen LogP contribution in [0.1, 0.15) is 40.9 Å². The molecular formula is C29H31N3O3. The Balaban J connectivity index is 1.98. The topological polar surface area (TPSA) is 105 Å². The molecule has 0 aliphatic carbocycles. The highest BCUT2D eigenvalue weighted by Crippen LogP contribution is 2.20. The van der Waals surface area contributed by atoms with Crippen molar-refractivity contribution >= 4 is 23.8 Å². The third kappa shape index (κ3) is 7.67. The molecule has 3 aromatic carbocycles. The van der Waals surface area contributed by atoms with Crippen LogP contribution in [0, 0.1) is 11.3 Å². The molecule has 0 radical (unpaired) electrons. The van der Waals surface area contributed by atoms with Crippen molar-refractivity contribution in [3.05, 3.63) is 113 Å². The zero-order valence-corrected chi connectivity index (χ0v) is 20.0. The Kier molecular flexibility index (Phi) is 8.95. The van der Waals surface area contributed by atoms with E-state index in [0.717, 1.165) is 11.1 Å². The molecule has 1 unspecified atom stereocenters. The van der Waals surface area contributed by atoms with Gasteiger partial charge in [-0.3, -0.25) is 15.0 Å². The van der Waals surface area contributed by atoms with E-state index in [4.69, 9.17) is 15.9 Å². The number of amidine groups is 1. The standard InChI is InChI=1S/C29H31N3O3/c1-20(2)35-29(34)25(19-22-12-9-15-24(18-22)27(30)31)26(17-16-21-10-5-3-6-11-21)32-28(33)23-13-7-4-8-14-23/h3-18,20,25-26H,19H2,1-2H3,(H3,30,31)(H,32,33)/b17-16+/t25-,26?/m1/s1. The second-order valence-electron chi connectivity index (χ2n) is 8.55. The van der Waals surface area contributed by atoms with Crippen LogP contribution >= 0.6 is 0 Å². The number of nitrogens with one attached hydrogen (secondary N) is 2. The van der Waals surface area contributed by atoms with Crippen LogP contribution in [0.4, 0.5) is 0 Å². The monoisotopic (exact) mass is 469 g/mol. The molecule has 0 saturated heterocycles. The van der Waals surface area contributed by atoms with Crippen molar-refractivity contribution in [2.75, 3.05) is 0 Å². The van der Waals surface area contributed by atoms with Gasteiger partial charge in [-0.05, 0) is 49.6 Å². The molecule has 0 heterocycles. The van der Waals surface area contributed by atoms with E-state index in [2.05, 4.69) is 5.32 Å². The van der Waals surface area contributed by atoms with Gasteiger partial charge in [-0.1, -0.05) is 78.9 Å². The fourth-order valence-electron chi connectivity index (χ4n) is 3.68. The quantitative estimate of drug-likeness (QED) is 0.229. The first-order valence-corrected chi connectivity index (χ1v) is 11.6. The van der Waals surface area contributed by atoms with E-state index in [0.29, 0.717) is 17.5 Å². The minimum atomic E-state index is -0.702. The lowest BCUT2D eigenvalue weighted by molar-refractivity contribution is -0.152. The van der Waals surface area contributed by atoms with Crippen LogP contribution in [0.15, 0.2) is 91.0 Å². The lowest BCUT2D eigenvalue weighted by Gasteiger charge is -2.26. The fourth-order valence-corrected chi connectivity index (χ4v) is 3.68. The van der Waals surface area contributed by atoms with Crippen LogP contribution in [-0.4, -0.2) is 29.9 Å². The number of nitrogen functional groups attached to an aromatic ring is 1. The van der Waals surface area contributed by atoms with E-state index in [9.17, 15) is 9.59 Å². The number of hydrogen-bond donors (Lipinski definition) is 3. The van der Waals surface area contributed by atoms with Gasteiger partial charge >= 0.3 is 5.97 Å². The summed E-state index contributed by atoms with van der Waals surface area (Å²) in [4.78, 5) is 26.3. The van der Waals surface area contributed by atoms with Gasteiger partial charge < -0.3 is 15.8 Å². The van der Waals surface area contributed by atoms with Crippen molar-refractivity contribution < 1.29 is 14.3 Å². The number of amides is 1. The zero-order chi connectivity index (χ0) is 25.2. The number of rotatable bonds is 10. The molecule has 6 nitrogen and oxygen atoms in total. The molecule has 0 spiro atoms. The zero-order valence-electron chi connectivity index (χ0n) is 20.0. The van der Waals surface area contributed by atoms with E-state index >= 15 is 0 Å². The van der Waals surface area contributed by atoms with Crippen molar-refractivity contribution in [1.29, 1.82) is 5.41 Å². The maximum Gasteiger partial charge on any atom is 0.311 e. The van der Waals surface area contributed by atoms with E-state index in [1.165, 1.54) is 0 Å². The lowest BCUT2D eigenvalue weighted by atomic mass is 9.90. The summed E-state index contributed by atoms with van der Waals surface area (Å²) in [6, 6.07) is 25.1. The van der Waals surface area contributed by atoms with Gasteiger partial charge in [0.05, 0.1) is 18.1 Å². The third-order valence-corrected chi connectivity index (χ3v) is 5.41. The number of carbonyl (C=O) groups excluding carboxylic acids is 2. The largest absolute Gasteiger partial charge is 0.463 e. The number of benzene rings is 3. The maximum atomic E-state index is 13.3. The van der Waals surface area contributed by atoms with Crippen molar-refractivity contribution in [3.8, 4) is 0 Å². The van der Waals surface area contributed by atoms with Gasteiger partial charge in [0, 0.05) is 11.1 Å². The second-order valence-corrected chi connectivity index (χ2v) is 8.55. The summed E-state index contributed by atoms with van der Waals surface area (Å²) >= 11 is 0. The highest BCUT2D eigenvalue weighted by Gasteiger charge is 2.31. The first kappa shape index (κ1) is 25.4. The molecule has 0 bridgehead atoms. The van der Waals surface area contributed by atoms with Gasteiger partial charge in [-0.25, -0.2) is 0 Å². The predicted octanol–water partition coefficient (Wildman–Crippen LogP) is 4.59. The highest BCUT2D eigenvalue weighted by atomic mass is 16.5. The van der Waals surface area contributed by atoms with Crippen LogP contribution in [0.5, 0.6) is 0 Å². The normalized spacial score (nSPS) is 12.8. The molecule has 4 N–H and O–H groups in total. The van der Waals surface area contributed by atoms with Crippen LogP contribution < -0.4 is 11.1 Å². The number of ether oxygens (including phenoxy) is 1. The van der Waals surface area contributed by atoms with E-state index in [1.807, 2.05) is 54.6 Å². The van der Waals surface area contributed by atoms with Gasteiger partial charge in [0.25, 0.3) is 5.91 Å². The predicted molar refractivity (Wildman–Crippen MR) is 139 cm³/mol. The summed E-state index contributed by atoms with van der Waals surface area (Å²) in [6.07, 6.45) is 3.71. The van der Waals surface area contributed by atoms with E-state index in [1.54, 1.807) is 56.3 Å². The molecular weight excluding hydrogens is 438 g/mol. The molecule has 3 aromatic rings. The average Bonchev–Trinajstić information content (AvgIpc) is 2.86. The highest BCUT2D eigenvalue weighted by molar-refractivity contribution is 5.95. The Labute approximate surface area is 206 Å². The van der Waals surface area contributed by atoms with Crippen LogP contribution in [0.25, 0.3) is 6.08 Å². The second kappa shape index (κ2) is 12.3. The van der Waals surface area contributed by atoms with E-state index in [-0.39, 0.29) is 17.8 Å². The SMILES string of the molecule is CC(C)OC(=O)[C@H](Cc1cccc(C(=N)N)c1)C(/C=C/c1ccccc1)NC(=O)c1ccccc1. The van der Waals surface area contributed by atoms with Gasteiger partial charge in [0.2, 0.25) is 0 Å². The summed E-state index contributed by atoms with van der Waals surface area (Å²) in [5.74, 6) is -1.45. The molecule has 6 heteroatoms. The number of esters is 1. The van der Waals surface area contributed by atoms with Crippen molar-refractivity contribution in [1.82, 2.24) is 5.32 Å². The molecule has 0 aliphatic heterocycles. The molecule has 3 rings (SSSR count). The van der Waals surface area contributed by atoms with Crippen LogP contribution in [0.3, 0.4) is 0 Å². The number of hydrogen-bond acceptors (Lipinski definition) is 4. The summed E-state index contributed by atoms with van der Waals surface area (Å²) in [5, 5.41) is 10.8. The van der Waals surface area contributed by atoms with E-state index < -0.39 is 17.9 Å². The molecule has 35 heavy (non-hydrogen) atoms. The molecule has 0 aliphatic rings. The van der Waals surface area contributed by atoms with Gasteiger partial charge in [0.15, 0.2) is 0 Å². The number of carbonyl (C=O) groups is 2. The van der Waals surface area contributed by atoms with Crippen LogP contribution in [-0.2, 0) is 16.0 Å². The Bertz CT molecular complexity index is 1170. The first-order chi connectivity index (χ1) is 16.8. The first-order valence-electron chi connectivity index (χ1n) is 11.6. The fraction of sp³-hybridized carbons (Fsp3) is 0.207. The molecule has 0 saturated carbocycles. The number of nitrogens with two attached hydrogens (primary N) is 1. The smallest absolute Gasteiger partial charge is 0.311 e. The minimum Gasteiger partial charge on any atom is -0.463 e. The van der Waals surface area contributed by atoms with Crippen LogP contribution in [0.2, 0.25) is 0 Å². The van der Waals surface area contributed by atoms with Crippen molar-refractivity contribution in [2.45, 2.75) is 32.4 Å². The van der Waals surface area contributed by atoms with Gasteiger partial charge in [0.1, 0.15) is 5.84 Å². The summed E-state index contributed by atoms with van der Waals surface area (Å²) < 4.78 is 5.59. The van der Waals surface area contributed by atoms with Crippen molar-refractivity contribution in [2.24, 2.45) is 11.7 Å². The molecule has 2 atom stereocenters. The molecule has 0 fully saturated rings. The Morgan fingerprint density at radius 2 is 1.57 bits per heavy atom. The summed E-state index contributed by atoms with van der Waals surface area (Å²) in [7, 11) is 0. The Hall–Kier alpha value is -4.19. The molecule has 180 valence electrons. The molecule has 1 amide bonds. The average molecular weight is 470 g/mol. The Morgan fingerprint density at radius 1 is 0.943 bits per heavy atom. The van der Waals surface area contributed by atoms with Crippen molar-refractivity contribution in [3.63, 3.8) is 0 Å².